The van der Waals surface area contributed by atoms with Crippen LogP contribution in [0.5, 0.6) is 0 Å². The lowest BCUT2D eigenvalue weighted by atomic mass is 10.1. The Kier molecular flexibility index (Phi) is 6.48. The summed E-state index contributed by atoms with van der Waals surface area (Å²) in [6, 6.07) is 18.8. The van der Waals surface area contributed by atoms with Crippen molar-refractivity contribution in [1.29, 1.82) is 0 Å². The van der Waals surface area contributed by atoms with Crippen LogP contribution in [0.1, 0.15) is 35.0 Å². The Morgan fingerprint density at radius 3 is 2.67 bits per heavy atom. The van der Waals surface area contributed by atoms with E-state index in [4.69, 9.17) is 0 Å². The van der Waals surface area contributed by atoms with E-state index in [9.17, 15) is 4.79 Å². The van der Waals surface area contributed by atoms with Crippen molar-refractivity contribution in [3.8, 4) is 17.2 Å². The van der Waals surface area contributed by atoms with Crippen molar-refractivity contribution in [3.63, 3.8) is 0 Å². The van der Waals surface area contributed by atoms with E-state index in [2.05, 4.69) is 35.8 Å². The highest BCUT2D eigenvalue weighted by atomic mass is 16.1. The van der Waals surface area contributed by atoms with Gasteiger partial charge >= 0.3 is 0 Å². The number of anilines is 1. The van der Waals surface area contributed by atoms with Gasteiger partial charge in [-0.15, -0.1) is 10.2 Å². The Morgan fingerprint density at radius 1 is 1.00 bits per heavy atom. The van der Waals surface area contributed by atoms with E-state index in [0.29, 0.717) is 23.6 Å². The molecule has 1 amide bonds. The van der Waals surface area contributed by atoms with Crippen LogP contribution in [0.15, 0.2) is 85.6 Å². The monoisotopic (exact) mass is 479 g/mol. The molecule has 10 nitrogen and oxygen atoms in total. The highest BCUT2D eigenvalue weighted by molar-refractivity contribution is 5.95. The third kappa shape index (κ3) is 4.83. The maximum atomic E-state index is 13.0. The van der Waals surface area contributed by atoms with Gasteiger partial charge in [-0.1, -0.05) is 24.3 Å². The summed E-state index contributed by atoms with van der Waals surface area (Å²) >= 11 is 0. The van der Waals surface area contributed by atoms with Crippen LogP contribution in [0.4, 0.5) is 5.69 Å². The minimum atomic E-state index is -0.289. The van der Waals surface area contributed by atoms with Crippen LogP contribution >= 0.6 is 0 Å². The van der Waals surface area contributed by atoms with Crippen LogP contribution in [0.2, 0.25) is 0 Å². The topological polar surface area (TPSA) is 115 Å². The SMILES string of the molecule is CC(NC(=O)c1cccc(NCc2nnc(-c3ccncn3)n2C)c1)c1nccn1-c1ccccc1. The molecular weight excluding hydrogens is 454 g/mol. The highest BCUT2D eigenvalue weighted by Gasteiger charge is 2.17. The van der Waals surface area contributed by atoms with Gasteiger partial charge in [-0.25, -0.2) is 15.0 Å². The van der Waals surface area contributed by atoms with Crippen molar-refractivity contribution in [1.82, 2.24) is 39.6 Å². The van der Waals surface area contributed by atoms with Crippen LogP contribution in [0.3, 0.4) is 0 Å². The van der Waals surface area contributed by atoms with Crippen molar-refractivity contribution in [2.75, 3.05) is 5.32 Å². The summed E-state index contributed by atoms with van der Waals surface area (Å²) in [5, 5.41) is 14.9. The Balaban J connectivity index is 1.25. The first-order valence-corrected chi connectivity index (χ1v) is 11.5. The molecule has 5 aromatic rings. The molecular formula is C26H25N9O. The lowest BCUT2D eigenvalue weighted by Gasteiger charge is -2.16. The number of amides is 1. The molecule has 10 heteroatoms. The summed E-state index contributed by atoms with van der Waals surface area (Å²) in [5.41, 5.74) is 3.04. The number of carbonyl (C=O) groups excluding carboxylic acids is 1. The lowest BCUT2D eigenvalue weighted by Crippen LogP contribution is -2.28. The Bertz CT molecular complexity index is 1460. The van der Waals surface area contributed by atoms with Gasteiger partial charge in [-0.3, -0.25) is 4.79 Å². The number of benzene rings is 2. The molecule has 0 spiro atoms. The largest absolute Gasteiger partial charge is 0.378 e. The van der Waals surface area contributed by atoms with Crippen LogP contribution in [0, 0.1) is 0 Å². The molecule has 1 atom stereocenters. The fourth-order valence-electron chi connectivity index (χ4n) is 3.90. The molecule has 3 aromatic heterocycles. The van der Waals surface area contributed by atoms with Gasteiger partial charge in [0.15, 0.2) is 11.6 Å². The number of rotatable bonds is 8. The third-order valence-corrected chi connectivity index (χ3v) is 5.79. The quantitative estimate of drug-likeness (QED) is 0.350. The van der Waals surface area contributed by atoms with Gasteiger partial charge in [0, 0.05) is 42.6 Å². The molecule has 0 aliphatic carbocycles. The van der Waals surface area contributed by atoms with E-state index in [1.54, 1.807) is 24.5 Å². The molecule has 0 aliphatic heterocycles. The Morgan fingerprint density at radius 2 is 1.86 bits per heavy atom. The number of carbonyl (C=O) groups is 1. The van der Waals surface area contributed by atoms with Gasteiger partial charge in [-0.2, -0.15) is 0 Å². The maximum absolute atomic E-state index is 13.0. The fourth-order valence-corrected chi connectivity index (χ4v) is 3.90. The number of imidazole rings is 1. The van der Waals surface area contributed by atoms with Crippen molar-refractivity contribution in [2.45, 2.75) is 19.5 Å². The van der Waals surface area contributed by atoms with E-state index < -0.39 is 0 Å². The molecule has 0 aliphatic rings. The van der Waals surface area contributed by atoms with E-state index in [-0.39, 0.29) is 11.9 Å². The molecule has 2 aromatic carbocycles. The fraction of sp³-hybridized carbons (Fsp3) is 0.154. The molecule has 180 valence electrons. The van der Waals surface area contributed by atoms with E-state index in [1.807, 2.05) is 77.8 Å². The van der Waals surface area contributed by atoms with Crippen molar-refractivity contribution < 1.29 is 4.79 Å². The third-order valence-electron chi connectivity index (χ3n) is 5.79. The molecule has 0 radical (unpaired) electrons. The zero-order chi connectivity index (χ0) is 24.9. The second kappa shape index (κ2) is 10.2. The van der Waals surface area contributed by atoms with Crippen LogP contribution < -0.4 is 10.6 Å². The minimum absolute atomic E-state index is 0.182. The van der Waals surface area contributed by atoms with E-state index in [0.717, 1.165) is 23.0 Å². The molecule has 0 fully saturated rings. The van der Waals surface area contributed by atoms with Gasteiger partial charge in [0.05, 0.1) is 12.6 Å². The average Bonchev–Trinajstić information content (AvgIpc) is 3.56. The minimum Gasteiger partial charge on any atom is -0.378 e. The molecule has 0 bridgehead atoms. The first kappa shape index (κ1) is 22.9. The molecule has 3 heterocycles. The van der Waals surface area contributed by atoms with Crippen LogP contribution in [0.25, 0.3) is 17.2 Å². The standard InChI is InChI=1S/C26H25N9O/c1-18(24-28-13-14-35(24)21-9-4-3-5-10-21)31-26(36)19-7-6-8-20(15-19)29-16-23-32-33-25(34(23)2)22-11-12-27-17-30-22/h3-15,17-18,29H,16H2,1-2H3,(H,31,36). The number of hydrogen-bond donors (Lipinski definition) is 2. The van der Waals surface area contributed by atoms with Crippen LogP contribution in [-0.4, -0.2) is 40.2 Å². The highest BCUT2D eigenvalue weighted by Crippen LogP contribution is 2.19. The summed E-state index contributed by atoms with van der Waals surface area (Å²) in [7, 11) is 1.89. The van der Waals surface area contributed by atoms with Gasteiger partial charge in [-0.05, 0) is 43.3 Å². The predicted molar refractivity (Wildman–Crippen MR) is 135 cm³/mol. The molecule has 36 heavy (non-hydrogen) atoms. The molecule has 1 unspecified atom stereocenters. The zero-order valence-electron chi connectivity index (χ0n) is 19.9. The normalized spacial score (nSPS) is 11.7. The van der Waals surface area contributed by atoms with Crippen molar-refractivity contribution in [3.05, 3.63) is 103 Å². The average molecular weight is 480 g/mol. The number of aromatic nitrogens is 7. The summed E-state index contributed by atoms with van der Waals surface area (Å²) in [6.45, 7) is 2.36. The van der Waals surface area contributed by atoms with Gasteiger partial charge < -0.3 is 19.8 Å². The molecule has 0 saturated heterocycles. The van der Waals surface area contributed by atoms with E-state index >= 15 is 0 Å². The van der Waals surface area contributed by atoms with Gasteiger partial charge in [0.2, 0.25) is 0 Å². The summed E-state index contributed by atoms with van der Waals surface area (Å²) in [4.78, 5) is 25.7. The Labute approximate surface area is 208 Å². The zero-order valence-corrected chi connectivity index (χ0v) is 19.9. The van der Waals surface area contributed by atoms with Crippen LogP contribution in [-0.2, 0) is 13.6 Å². The number of nitrogens with one attached hydrogen (secondary N) is 2. The van der Waals surface area contributed by atoms with Crippen molar-refractivity contribution >= 4 is 11.6 Å². The first-order valence-electron chi connectivity index (χ1n) is 11.5. The second-order valence-electron chi connectivity index (χ2n) is 8.21. The lowest BCUT2D eigenvalue weighted by molar-refractivity contribution is 0.0938. The van der Waals surface area contributed by atoms with E-state index in [1.165, 1.54) is 6.33 Å². The number of nitrogens with zero attached hydrogens (tertiary/aromatic N) is 7. The molecule has 0 saturated carbocycles. The number of para-hydroxylation sites is 1. The van der Waals surface area contributed by atoms with Gasteiger partial charge in [0.25, 0.3) is 5.91 Å². The second-order valence-corrected chi connectivity index (χ2v) is 8.21. The summed E-state index contributed by atoms with van der Waals surface area (Å²) < 4.78 is 3.85. The number of hydrogen-bond acceptors (Lipinski definition) is 7. The Hall–Kier alpha value is -4.86. The summed E-state index contributed by atoms with van der Waals surface area (Å²) in [5.74, 6) is 1.97. The molecule has 2 N–H and O–H groups in total. The smallest absolute Gasteiger partial charge is 0.251 e. The summed E-state index contributed by atoms with van der Waals surface area (Å²) in [6.07, 6.45) is 6.77. The predicted octanol–water partition coefficient (Wildman–Crippen LogP) is 3.56. The maximum Gasteiger partial charge on any atom is 0.251 e. The first-order chi connectivity index (χ1) is 17.6. The molecule has 5 rings (SSSR count). The van der Waals surface area contributed by atoms with Crippen molar-refractivity contribution in [2.24, 2.45) is 7.05 Å². The van der Waals surface area contributed by atoms with Gasteiger partial charge in [0.1, 0.15) is 17.8 Å².